The van der Waals surface area contributed by atoms with Gasteiger partial charge >= 0.3 is 0 Å². The first-order valence-electron chi connectivity index (χ1n) is 16.6. The fraction of sp³-hybridized carbons (Fsp3) is 0.109. The third-order valence-electron chi connectivity index (χ3n) is 8.87. The number of pyridine rings is 2. The van der Waals surface area contributed by atoms with E-state index in [4.69, 9.17) is 4.42 Å². The zero-order valence-electron chi connectivity index (χ0n) is 28.9. The summed E-state index contributed by atoms with van der Waals surface area (Å²) in [5, 5.41) is 11.9. The van der Waals surface area contributed by atoms with E-state index in [1.54, 1.807) is 6.20 Å². The van der Waals surface area contributed by atoms with Crippen LogP contribution in [0.2, 0.25) is 0 Å². The summed E-state index contributed by atoms with van der Waals surface area (Å²) in [6.45, 7) is 8.68. The van der Waals surface area contributed by atoms with Crippen LogP contribution >= 0.6 is 0 Å². The van der Waals surface area contributed by atoms with Gasteiger partial charge in [-0.05, 0) is 69.7 Å². The van der Waals surface area contributed by atoms with Crippen LogP contribution in [-0.2, 0) is 25.5 Å². The molecular formula is C46H35IrN3O-2. The molecule has 8 rings (SSSR count). The molecule has 0 atom stereocenters. The number of nitriles is 1. The Balaban J connectivity index is 0.000000222. The zero-order valence-corrected chi connectivity index (χ0v) is 31.3. The van der Waals surface area contributed by atoms with Crippen molar-refractivity contribution in [2.45, 2.75) is 33.1 Å². The summed E-state index contributed by atoms with van der Waals surface area (Å²) in [5.74, 6) is 0. The van der Waals surface area contributed by atoms with Gasteiger partial charge in [-0.2, -0.15) is 5.26 Å². The molecule has 0 N–H and O–H groups in total. The van der Waals surface area contributed by atoms with E-state index in [9.17, 15) is 5.26 Å². The number of benzene rings is 5. The Morgan fingerprint density at radius 1 is 0.686 bits per heavy atom. The van der Waals surface area contributed by atoms with E-state index in [-0.39, 0.29) is 25.5 Å². The molecule has 0 fully saturated rings. The molecule has 0 bridgehead atoms. The number of furan rings is 1. The zero-order chi connectivity index (χ0) is 34.7. The van der Waals surface area contributed by atoms with Crippen LogP contribution in [0.5, 0.6) is 0 Å². The van der Waals surface area contributed by atoms with Gasteiger partial charge in [0.2, 0.25) is 0 Å². The van der Waals surface area contributed by atoms with Gasteiger partial charge in [0.15, 0.2) is 0 Å². The minimum atomic E-state index is 0. The number of aryl methyl sites for hydroxylation is 1. The van der Waals surface area contributed by atoms with Crippen LogP contribution in [0.15, 0.2) is 144 Å². The van der Waals surface area contributed by atoms with Crippen molar-refractivity contribution < 1.29 is 24.5 Å². The van der Waals surface area contributed by atoms with Gasteiger partial charge in [-0.15, -0.1) is 54.1 Å². The van der Waals surface area contributed by atoms with Gasteiger partial charge in [-0.25, -0.2) is 0 Å². The van der Waals surface area contributed by atoms with Crippen molar-refractivity contribution in [2.75, 3.05) is 0 Å². The number of rotatable bonds is 4. The molecule has 3 aromatic heterocycles. The van der Waals surface area contributed by atoms with Gasteiger partial charge in [-0.1, -0.05) is 105 Å². The van der Waals surface area contributed by atoms with E-state index < -0.39 is 0 Å². The minimum absolute atomic E-state index is 0. The van der Waals surface area contributed by atoms with Crippen molar-refractivity contribution in [2.24, 2.45) is 0 Å². The van der Waals surface area contributed by atoms with Crippen LogP contribution in [0.1, 0.15) is 37.5 Å². The third-order valence-corrected chi connectivity index (χ3v) is 8.87. The summed E-state index contributed by atoms with van der Waals surface area (Å²) in [4.78, 5) is 8.98. The van der Waals surface area contributed by atoms with E-state index >= 15 is 0 Å². The van der Waals surface area contributed by atoms with Crippen molar-refractivity contribution in [3.8, 4) is 50.8 Å². The molecule has 51 heavy (non-hydrogen) atoms. The average Bonchev–Trinajstić information content (AvgIpc) is 3.55. The number of fused-ring (bicyclic) bond motifs is 3. The number of hydrogen-bond acceptors (Lipinski definition) is 4. The Hall–Kier alpha value is -5.66. The van der Waals surface area contributed by atoms with Gasteiger partial charge in [0.05, 0.1) is 17.2 Å². The first kappa shape index (κ1) is 35.2. The van der Waals surface area contributed by atoms with Crippen LogP contribution in [0.4, 0.5) is 0 Å². The van der Waals surface area contributed by atoms with Crippen LogP contribution in [-0.4, -0.2) is 9.97 Å². The van der Waals surface area contributed by atoms with Crippen molar-refractivity contribution in [1.29, 1.82) is 5.26 Å². The largest absolute Gasteiger partial charge is 0.500 e. The number of hydrogen-bond donors (Lipinski definition) is 0. The summed E-state index contributed by atoms with van der Waals surface area (Å²) >= 11 is 0. The Morgan fingerprint density at radius 3 is 2.16 bits per heavy atom. The second kappa shape index (κ2) is 15.1. The molecule has 0 saturated carbocycles. The molecule has 0 aliphatic rings. The van der Waals surface area contributed by atoms with Crippen molar-refractivity contribution >= 4 is 21.9 Å². The molecule has 1 radical (unpaired) electrons. The first-order valence-corrected chi connectivity index (χ1v) is 16.6. The molecular weight excluding hydrogens is 803 g/mol. The maximum atomic E-state index is 9.98. The molecule has 0 saturated heterocycles. The SMILES string of the molecule is CC(C)(C)c1ccc(-c2[c-]cccc2)nc1.Cc1ccc(-c2c(C#N)ccc3c2oc2c(-c4ccccn4)[c-]ccc23)cc1-c1ccccc1.[Ir]. The van der Waals surface area contributed by atoms with Crippen LogP contribution in [0.25, 0.3) is 66.7 Å². The topological polar surface area (TPSA) is 62.7 Å². The third kappa shape index (κ3) is 7.30. The average molecular weight is 838 g/mol. The fourth-order valence-corrected chi connectivity index (χ4v) is 6.14. The molecule has 5 heteroatoms. The summed E-state index contributed by atoms with van der Waals surface area (Å²) in [5.41, 5.74) is 12.3. The molecule has 251 valence electrons. The van der Waals surface area contributed by atoms with E-state index in [2.05, 4.69) is 98.3 Å². The standard InChI is InChI=1S/C31H19N2O.C15H16N.Ir/c1-20-13-14-22(18-27(20)21-8-3-2-4-9-21)29-23(19-32)15-16-25-24-10-7-11-26(30(24)34-31(25)29)28-12-5-6-17-33-28;1-15(2,3)13-9-10-14(16-11-13)12-7-5-4-6-8-12;/h2-10,12-18H,1H3;4-7,9-11H,1-3H3;/q2*-1;. The summed E-state index contributed by atoms with van der Waals surface area (Å²) in [6.07, 6.45) is 3.72. The molecule has 5 aromatic carbocycles. The van der Waals surface area contributed by atoms with E-state index in [0.717, 1.165) is 61.1 Å². The summed E-state index contributed by atoms with van der Waals surface area (Å²) < 4.78 is 6.52. The van der Waals surface area contributed by atoms with Crippen LogP contribution in [0, 0.1) is 30.4 Å². The summed E-state index contributed by atoms with van der Waals surface area (Å²) in [6, 6.07) is 51.1. The van der Waals surface area contributed by atoms with Gasteiger partial charge < -0.3 is 14.4 Å². The maximum absolute atomic E-state index is 9.98. The monoisotopic (exact) mass is 838 g/mol. The molecule has 0 spiro atoms. The van der Waals surface area contributed by atoms with Crippen LogP contribution < -0.4 is 0 Å². The van der Waals surface area contributed by atoms with Crippen molar-refractivity contribution in [1.82, 2.24) is 9.97 Å². The molecule has 0 aliphatic carbocycles. The molecule has 0 unspecified atom stereocenters. The fourth-order valence-electron chi connectivity index (χ4n) is 6.14. The smallest absolute Gasteiger partial charge is 0.130 e. The normalized spacial score (nSPS) is 11.0. The molecule has 0 amide bonds. The molecule has 8 aromatic rings. The van der Waals surface area contributed by atoms with Gasteiger partial charge in [0.1, 0.15) is 5.58 Å². The maximum Gasteiger partial charge on any atom is 0.130 e. The molecule has 3 heterocycles. The van der Waals surface area contributed by atoms with Gasteiger partial charge in [-0.3, -0.25) is 0 Å². The second-order valence-corrected chi connectivity index (χ2v) is 13.2. The van der Waals surface area contributed by atoms with Crippen molar-refractivity contribution in [3.05, 3.63) is 169 Å². The predicted octanol–water partition coefficient (Wildman–Crippen LogP) is 11.8. The number of nitrogens with zero attached hydrogens (tertiary/aromatic N) is 3. The quantitative estimate of drug-likeness (QED) is 0.166. The molecule has 0 aliphatic heterocycles. The van der Waals surface area contributed by atoms with Gasteiger partial charge in [0.25, 0.3) is 0 Å². The second-order valence-electron chi connectivity index (χ2n) is 13.2. The molecule has 4 nitrogen and oxygen atoms in total. The Labute approximate surface area is 312 Å². The number of aromatic nitrogens is 2. The minimum Gasteiger partial charge on any atom is -0.500 e. The Bertz CT molecular complexity index is 2460. The predicted molar refractivity (Wildman–Crippen MR) is 203 cm³/mol. The van der Waals surface area contributed by atoms with E-state index in [1.807, 2.05) is 91.1 Å². The van der Waals surface area contributed by atoms with Gasteiger partial charge in [0, 0.05) is 43.4 Å². The van der Waals surface area contributed by atoms with Crippen molar-refractivity contribution in [3.63, 3.8) is 0 Å². The Kier molecular flexibility index (Phi) is 10.4. The van der Waals surface area contributed by atoms with E-state index in [1.165, 1.54) is 11.1 Å². The summed E-state index contributed by atoms with van der Waals surface area (Å²) in [7, 11) is 0. The van der Waals surface area contributed by atoms with E-state index in [0.29, 0.717) is 11.1 Å². The first-order chi connectivity index (χ1) is 24.3. The van der Waals surface area contributed by atoms with Crippen LogP contribution in [0.3, 0.4) is 0 Å². The Morgan fingerprint density at radius 2 is 1.47 bits per heavy atom.